The van der Waals surface area contributed by atoms with E-state index in [1.165, 1.54) is 11.1 Å². The third-order valence-electron chi connectivity index (χ3n) is 3.66. The first kappa shape index (κ1) is 14.4. The number of nitrogens with two attached hydrogens (primary N) is 1. The van der Waals surface area contributed by atoms with Gasteiger partial charge in [-0.05, 0) is 31.4 Å². The number of thioether (sulfide) groups is 1. The number of nitrogen functional groups attached to an aromatic ring is 1. The average molecular weight is 304 g/mol. The van der Waals surface area contributed by atoms with Gasteiger partial charge in [-0.1, -0.05) is 36.0 Å². The normalized spacial score (nSPS) is 18.0. The van der Waals surface area contributed by atoms with Gasteiger partial charge in [0.25, 0.3) is 0 Å². The Morgan fingerprint density at radius 2 is 2.19 bits per heavy atom. The fourth-order valence-electron chi connectivity index (χ4n) is 2.64. The first-order valence-electron chi connectivity index (χ1n) is 7.19. The molecule has 0 saturated carbocycles. The molecule has 5 nitrogen and oxygen atoms in total. The molecule has 2 aromatic rings. The van der Waals surface area contributed by atoms with E-state index in [-0.39, 0.29) is 12.1 Å². The van der Waals surface area contributed by atoms with Gasteiger partial charge in [-0.3, -0.25) is 4.57 Å². The molecule has 0 bridgehead atoms. The van der Waals surface area contributed by atoms with Crippen LogP contribution in [0.2, 0.25) is 0 Å². The van der Waals surface area contributed by atoms with E-state index in [2.05, 4.69) is 48.3 Å². The molecular weight excluding hydrogens is 284 g/mol. The zero-order valence-electron chi connectivity index (χ0n) is 12.3. The lowest BCUT2D eigenvalue weighted by molar-refractivity contribution is 0.0587. The zero-order chi connectivity index (χ0) is 14.8. The van der Waals surface area contributed by atoms with Crippen molar-refractivity contribution in [1.82, 2.24) is 14.8 Å². The lowest BCUT2D eigenvalue weighted by Gasteiger charge is -2.25. The number of anilines is 1. The van der Waals surface area contributed by atoms with E-state index in [1.807, 2.05) is 4.57 Å². The number of ether oxygens (including phenoxy) is 1. The van der Waals surface area contributed by atoms with Crippen LogP contribution in [0.1, 0.15) is 37.1 Å². The molecule has 0 radical (unpaired) electrons. The monoisotopic (exact) mass is 304 g/mol. The Bertz CT molecular complexity index is 626. The molecule has 1 aliphatic rings. The molecule has 21 heavy (non-hydrogen) atoms. The maximum absolute atomic E-state index is 5.92. The summed E-state index contributed by atoms with van der Waals surface area (Å²) in [6, 6.07) is 8.75. The van der Waals surface area contributed by atoms with Crippen LogP contribution < -0.4 is 5.73 Å². The van der Waals surface area contributed by atoms with Crippen molar-refractivity contribution >= 4 is 17.7 Å². The molecule has 2 heterocycles. The summed E-state index contributed by atoms with van der Waals surface area (Å²) in [6.07, 6.45) is 1.10. The van der Waals surface area contributed by atoms with Gasteiger partial charge in [-0.2, -0.15) is 0 Å². The van der Waals surface area contributed by atoms with Crippen molar-refractivity contribution in [2.24, 2.45) is 0 Å². The Hall–Kier alpha value is -1.53. The number of benzene rings is 1. The van der Waals surface area contributed by atoms with Crippen LogP contribution in [0.25, 0.3) is 0 Å². The van der Waals surface area contributed by atoms with E-state index in [0.29, 0.717) is 5.95 Å². The number of hydrogen-bond acceptors (Lipinski definition) is 5. The summed E-state index contributed by atoms with van der Waals surface area (Å²) >= 11 is 1.65. The molecule has 0 amide bonds. The third-order valence-corrected chi connectivity index (χ3v) is 4.67. The quantitative estimate of drug-likeness (QED) is 0.880. The molecule has 112 valence electrons. The molecule has 3 rings (SSSR count). The summed E-state index contributed by atoms with van der Waals surface area (Å²) in [5.41, 5.74) is 8.55. The van der Waals surface area contributed by atoms with Crippen LogP contribution in [-0.2, 0) is 11.2 Å². The molecular formula is C15H20N4OS. The van der Waals surface area contributed by atoms with Crippen LogP contribution in [0.3, 0.4) is 0 Å². The van der Waals surface area contributed by atoms with Crippen LogP contribution in [0.15, 0.2) is 29.4 Å². The highest BCUT2D eigenvalue weighted by Crippen LogP contribution is 2.32. The van der Waals surface area contributed by atoms with Gasteiger partial charge in [0.1, 0.15) is 0 Å². The van der Waals surface area contributed by atoms with Crippen LogP contribution >= 0.6 is 11.8 Å². The van der Waals surface area contributed by atoms with Crippen molar-refractivity contribution in [3.05, 3.63) is 35.4 Å². The van der Waals surface area contributed by atoms with E-state index in [1.54, 1.807) is 11.8 Å². The van der Waals surface area contributed by atoms with Gasteiger partial charge in [-0.15, -0.1) is 10.2 Å². The highest BCUT2D eigenvalue weighted by Gasteiger charge is 2.22. The molecule has 2 N–H and O–H groups in total. The molecule has 6 heteroatoms. The highest BCUT2D eigenvalue weighted by atomic mass is 32.2. The van der Waals surface area contributed by atoms with E-state index in [4.69, 9.17) is 10.5 Å². The molecule has 1 aromatic carbocycles. The van der Waals surface area contributed by atoms with E-state index >= 15 is 0 Å². The van der Waals surface area contributed by atoms with E-state index < -0.39 is 0 Å². The summed E-state index contributed by atoms with van der Waals surface area (Å²) in [7, 11) is 0. The van der Waals surface area contributed by atoms with Crippen molar-refractivity contribution in [3.8, 4) is 0 Å². The first-order chi connectivity index (χ1) is 10.2. The fraction of sp³-hybridized carbons (Fsp3) is 0.467. The second-order valence-corrected chi connectivity index (χ2v) is 6.41. The van der Waals surface area contributed by atoms with Crippen LogP contribution in [0.4, 0.5) is 5.95 Å². The lowest BCUT2D eigenvalue weighted by Crippen LogP contribution is -2.18. The number of rotatable bonds is 4. The Kier molecular flexibility index (Phi) is 4.17. The van der Waals surface area contributed by atoms with Crippen LogP contribution in [0, 0.1) is 0 Å². The summed E-state index contributed by atoms with van der Waals surface area (Å²) in [4.78, 5) is 0. The minimum Gasteiger partial charge on any atom is -0.372 e. The Balaban J connectivity index is 1.75. The maximum Gasteiger partial charge on any atom is 0.222 e. The molecule has 1 aromatic heterocycles. The van der Waals surface area contributed by atoms with Gasteiger partial charge >= 0.3 is 0 Å². The van der Waals surface area contributed by atoms with Gasteiger partial charge in [0.2, 0.25) is 5.95 Å². The summed E-state index contributed by atoms with van der Waals surface area (Å²) in [6.45, 7) is 4.94. The molecule has 1 atom stereocenters. The second kappa shape index (κ2) is 6.07. The molecule has 1 unspecified atom stereocenters. The van der Waals surface area contributed by atoms with E-state index in [0.717, 1.165) is 23.9 Å². The summed E-state index contributed by atoms with van der Waals surface area (Å²) in [5, 5.41) is 9.00. The smallest absolute Gasteiger partial charge is 0.222 e. The van der Waals surface area contributed by atoms with Gasteiger partial charge in [0, 0.05) is 11.8 Å². The van der Waals surface area contributed by atoms with Crippen molar-refractivity contribution in [3.63, 3.8) is 0 Å². The van der Waals surface area contributed by atoms with Crippen molar-refractivity contribution in [1.29, 1.82) is 0 Å². The second-order valence-electron chi connectivity index (χ2n) is 5.42. The predicted molar refractivity (Wildman–Crippen MR) is 84.4 cm³/mol. The largest absolute Gasteiger partial charge is 0.372 e. The Morgan fingerprint density at radius 1 is 1.38 bits per heavy atom. The number of aromatic nitrogens is 3. The standard InChI is InChI=1S/C15H20N4OS/c1-10(2)19-14(16)17-18-15(19)21-9-13-12-6-4-3-5-11(12)7-8-20-13/h3-6,10,13H,7-9H2,1-2H3,(H2,16,17). The van der Waals surface area contributed by atoms with Gasteiger partial charge in [-0.25, -0.2) is 0 Å². The Morgan fingerprint density at radius 3 is 3.00 bits per heavy atom. The van der Waals surface area contributed by atoms with Crippen LogP contribution in [0.5, 0.6) is 0 Å². The summed E-state index contributed by atoms with van der Waals surface area (Å²) < 4.78 is 7.88. The molecule has 0 aliphatic carbocycles. The SMILES string of the molecule is CC(C)n1c(N)nnc1SCC1OCCc2ccccc21. The molecule has 0 fully saturated rings. The van der Waals surface area contributed by atoms with Crippen molar-refractivity contribution in [2.45, 2.75) is 37.6 Å². The number of hydrogen-bond donors (Lipinski definition) is 1. The van der Waals surface area contributed by atoms with Gasteiger partial charge in [0.05, 0.1) is 12.7 Å². The van der Waals surface area contributed by atoms with E-state index in [9.17, 15) is 0 Å². The third kappa shape index (κ3) is 2.91. The predicted octanol–water partition coefficient (Wildman–Crippen LogP) is 2.85. The minimum atomic E-state index is 0.110. The molecule has 0 spiro atoms. The zero-order valence-corrected chi connectivity index (χ0v) is 13.1. The number of fused-ring (bicyclic) bond motifs is 1. The summed E-state index contributed by atoms with van der Waals surface area (Å²) in [5.74, 6) is 1.29. The maximum atomic E-state index is 5.92. The van der Waals surface area contributed by atoms with Crippen molar-refractivity contribution < 1.29 is 4.74 Å². The lowest BCUT2D eigenvalue weighted by atomic mass is 9.99. The first-order valence-corrected chi connectivity index (χ1v) is 8.18. The van der Waals surface area contributed by atoms with Crippen LogP contribution in [-0.4, -0.2) is 27.1 Å². The Labute approximate surface area is 128 Å². The molecule has 0 saturated heterocycles. The molecule has 1 aliphatic heterocycles. The average Bonchev–Trinajstić information content (AvgIpc) is 2.86. The highest BCUT2D eigenvalue weighted by molar-refractivity contribution is 7.99. The minimum absolute atomic E-state index is 0.110. The topological polar surface area (TPSA) is 66.0 Å². The van der Waals surface area contributed by atoms with Gasteiger partial charge < -0.3 is 10.5 Å². The van der Waals surface area contributed by atoms with Gasteiger partial charge in [0.15, 0.2) is 5.16 Å². The van der Waals surface area contributed by atoms with Crippen molar-refractivity contribution in [2.75, 3.05) is 18.1 Å². The number of nitrogens with zero attached hydrogens (tertiary/aromatic N) is 3. The fourth-order valence-corrected chi connectivity index (χ4v) is 3.76.